The molecule has 0 aliphatic carbocycles. The van der Waals surface area contributed by atoms with Crippen LogP contribution in [-0.2, 0) is 9.47 Å². The van der Waals surface area contributed by atoms with Crippen molar-refractivity contribution < 1.29 is 9.47 Å². The third-order valence-electron chi connectivity index (χ3n) is 1.95. The van der Waals surface area contributed by atoms with E-state index < -0.39 is 0 Å². The summed E-state index contributed by atoms with van der Waals surface area (Å²) in [4.78, 5) is 0. The number of rotatable bonds is 6. The Morgan fingerprint density at radius 1 is 1.07 bits per heavy atom. The first-order chi connectivity index (χ1) is 6.62. The summed E-state index contributed by atoms with van der Waals surface area (Å²) in [7, 11) is 0. The first kappa shape index (κ1) is 14.7. The Hall–Kier alpha value is -0.340. The largest absolute Gasteiger partial charge is 0.376 e. The van der Waals surface area contributed by atoms with Crippen LogP contribution in [0.2, 0.25) is 0 Å². The molecule has 0 rings (SSSR count). The van der Waals surface area contributed by atoms with Gasteiger partial charge in [0.1, 0.15) is 0 Å². The molecule has 0 bridgehead atoms. The van der Waals surface area contributed by atoms with Crippen molar-refractivity contribution in [1.82, 2.24) is 0 Å². The normalized spacial score (nSPS) is 12.9. The summed E-state index contributed by atoms with van der Waals surface area (Å²) in [5.41, 5.74) is 0.856. The van der Waals surface area contributed by atoms with Gasteiger partial charge in [0.15, 0.2) is 0 Å². The standard InChI is InChI=1S/C13H26O2/c1-11(2)10-15-13(6,7)8-9-14-12(3,4)5/h1,8-10H2,2-7H3. The predicted molar refractivity (Wildman–Crippen MR) is 65.2 cm³/mol. The maximum absolute atomic E-state index is 5.73. The number of hydrogen-bond acceptors (Lipinski definition) is 2. The molecule has 0 saturated heterocycles. The molecule has 0 radical (unpaired) electrons. The van der Waals surface area contributed by atoms with Crippen LogP contribution in [-0.4, -0.2) is 24.4 Å². The SMILES string of the molecule is C=C(C)COC(C)(C)CCOC(C)(C)C. The molecule has 15 heavy (non-hydrogen) atoms. The van der Waals surface area contributed by atoms with Crippen molar-refractivity contribution in [3.63, 3.8) is 0 Å². The topological polar surface area (TPSA) is 18.5 Å². The molecule has 0 amide bonds. The van der Waals surface area contributed by atoms with Crippen LogP contribution in [0.25, 0.3) is 0 Å². The Labute approximate surface area is 94.7 Å². The second kappa shape index (κ2) is 5.66. The van der Waals surface area contributed by atoms with Crippen LogP contribution >= 0.6 is 0 Å². The first-order valence-corrected chi connectivity index (χ1v) is 5.55. The van der Waals surface area contributed by atoms with Crippen molar-refractivity contribution in [3.05, 3.63) is 12.2 Å². The van der Waals surface area contributed by atoms with Crippen LogP contribution in [0, 0.1) is 0 Å². The van der Waals surface area contributed by atoms with E-state index in [9.17, 15) is 0 Å². The average molecular weight is 214 g/mol. The molecule has 0 N–H and O–H groups in total. The van der Waals surface area contributed by atoms with E-state index in [-0.39, 0.29) is 11.2 Å². The van der Waals surface area contributed by atoms with Crippen LogP contribution in [0.1, 0.15) is 48.0 Å². The summed E-state index contributed by atoms with van der Waals surface area (Å²) in [6, 6.07) is 0. The lowest BCUT2D eigenvalue weighted by Gasteiger charge is -2.27. The summed E-state index contributed by atoms with van der Waals surface area (Å²) in [5, 5.41) is 0. The third kappa shape index (κ3) is 9.95. The fraction of sp³-hybridized carbons (Fsp3) is 0.846. The molecule has 0 atom stereocenters. The fourth-order valence-corrected chi connectivity index (χ4v) is 0.994. The van der Waals surface area contributed by atoms with E-state index in [0.29, 0.717) is 6.61 Å². The van der Waals surface area contributed by atoms with Gasteiger partial charge in [0.05, 0.1) is 17.8 Å². The van der Waals surface area contributed by atoms with Crippen molar-refractivity contribution in [2.75, 3.05) is 13.2 Å². The van der Waals surface area contributed by atoms with E-state index in [1.54, 1.807) is 0 Å². The summed E-state index contributed by atoms with van der Waals surface area (Å²) in [6.45, 7) is 17.5. The molecule has 0 aromatic carbocycles. The van der Waals surface area contributed by atoms with Crippen LogP contribution in [0.3, 0.4) is 0 Å². The maximum atomic E-state index is 5.73. The van der Waals surface area contributed by atoms with Gasteiger partial charge < -0.3 is 9.47 Å². The highest BCUT2D eigenvalue weighted by Gasteiger charge is 2.19. The molecule has 0 unspecified atom stereocenters. The van der Waals surface area contributed by atoms with E-state index >= 15 is 0 Å². The summed E-state index contributed by atoms with van der Waals surface area (Å²) >= 11 is 0. The molecular formula is C13H26O2. The Bertz CT molecular complexity index is 199. The zero-order valence-corrected chi connectivity index (χ0v) is 11.1. The molecule has 90 valence electrons. The minimum Gasteiger partial charge on any atom is -0.376 e. The lowest BCUT2D eigenvalue weighted by Crippen LogP contribution is -2.29. The van der Waals surface area contributed by atoms with E-state index in [1.165, 1.54) is 0 Å². The Morgan fingerprint density at radius 3 is 2.00 bits per heavy atom. The summed E-state index contributed by atoms with van der Waals surface area (Å²) < 4.78 is 11.4. The molecule has 2 nitrogen and oxygen atoms in total. The van der Waals surface area contributed by atoms with Gasteiger partial charge >= 0.3 is 0 Å². The van der Waals surface area contributed by atoms with E-state index in [0.717, 1.165) is 18.6 Å². The maximum Gasteiger partial charge on any atom is 0.0678 e. The third-order valence-corrected chi connectivity index (χ3v) is 1.95. The molecule has 0 spiro atoms. The lowest BCUT2D eigenvalue weighted by atomic mass is 10.1. The lowest BCUT2D eigenvalue weighted by molar-refractivity contribution is -0.0604. The van der Waals surface area contributed by atoms with Crippen molar-refractivity contribution in [1.29, 1.82) is 0 Å². The van der Waals surface area contributed by atoms with Gasteiger partial charge in [-0.15, -0.1) is 0 Å². The van der Waals surface area contributed by atoms with Gasteiger partial charge in [0, 0.05) is 6.61 Å². The highest BCUT2D eigenvalue weighted by atomic mass is 16.5. The summed E-state index contributed by atoms with van der Waals surface area (Å²) in [6.07, 6.45) is 0.900. The van der Waals surface area contributed by atoms with Gasteiger partial charge in [0.25, 0.3) is 0 Å². The van der Waals surface area contributed by atoms with Crippen LogP contribution < -0.4 is 0 Å². The van der Waals surface area contributed by atoms with Crippen LogP contribution in [0.4, 0.5) is 0 Å². The van der Waals surface area contributed by atoms with Crippen molar-refractivity contribution in [2.45, 2.75) is 59.2 Å². The highest BCUT2D eigenvalue weighted by Crippen LogP contribution is 2.17. The smallest absolute Gasteiger partial charge is 0.0678 e. The minimum atomic E-state index is -0.135. The van der Waals surface area contributed by atoms with E-state index in [4.69, 9.17) is 9.47 Å². The number of ether oxygens (including phenoxy) is 2. The van der Waals surface area contributed by atoms with Gasteiger partial charge in [-0.2, -0.15) is 0 Å². The molecule has 2 heteroatoms. The molecule has 0 aromatic rings. The molecule has 0 aliphatic heterocycles. The fourth-order valence-electron chi connectivity index (χ4n) is 0.994. The van der Waals surface area contributed by atoms with E-state index in [1.807, 2.05) is 6.92 Å². The Morgan fingerprint density at radius 2 is 1.60 bits per heavy atom. The predicted octanol–water partition coefficient (Wildman–Crippen LogP) is 3.56. The van der Waals surface area contributed by atoms with Gasteiger partial charge in [-0.05, 0) is 48.0 Å². The highest BCUT2D eigenvalue weighted by molar-refractivity contribution is 4.88. The zero-order chi connectivity index (χ0) is 12.1. The quantitative estimate of drug-likeness (QED) is 0.629. The second-order valence-corrected chi connectivity index (χ2v) is 5.72. The average Bonchev–Trinajstić information content (AvgIpc) is 1.98. The minimum absolute atomic E-state index is 0.0650. The monoisotopic (exact) mass is 214 g/mol. The molecular weight excluding hydrogens is 188 g/mol. The molecule has 0 aromatic heterocycles. The molecule has 0 aliphatic rings. The molecule has 0 saturated carbocycles. The zero-order valence-electron chi connectivity index (χ0n) is 11.1. The van der Waals surface area contributed by atoms with Gasteiger partial charge in [0.2, 0.25) is 0 Å². The van der Waals surface area contributed by atoms with Gasteiger partial charge in [-0.3, -0.25) is 0 Å². The first-order valence-electron chi connectivity index (χ1n) is 5.55. The van der Waals surface area contributed by atoms with Crippen molar-refractivity contribution in [3.8, 4) is 0 Å². The van der Waals surface area contributed by atoms with Crippen LogP contribution in [0.5, 0.6) is 0 Å². The van der Waals surface area contributed by atoms with Gasteiger partial charge in [-0.25, -0.2) is 0 Å². The van der Waals surface area contributed by atoms with E-state index in [2.05, 4.69) is 41.2 Å². The summed E-state index contributed by atoms with van der Waals surface area (Å²) in [5.74, 6) is 0. The Balaban J connectivity index is 3.78. The van der Waals surface area contributed by atoms with Crippen molar-refractivity contribution in [2.24, 2.45) is 0 Å². The Kier molecular flexibility index (Phi) is 5.54. The molecule has 0 fully saturated rings. The number of hydrogen-bond donors (Lipinski definition) is 0. The second-order valence-electron chi connectivity index (χ2n) is 5.72. The van der Waals surface area contributed by atoms with Crippen LogP contribution in [0.15, 0.2) is 12.2 Å². The molecule has 0 heterocycles. The van der Waals surface area contributed by atoms with Crippen molar-refractivity contribution >= 4 is 0 Å². The van der Waals surface area contributed by atoms with Gasteiger partial charge in [-0.1, -0.05) is 12.2 Å².